The largest absolute Gasteiger partial charge is 0.481 e. The molecule has 0 bridgehead atoms. The first-order valence-corrected chi connectivity index (χ1v) is 9.09. The molecule has 0 radical (unpaired) electrons. The SMILES string of the molecule is CC(CNS(=O)(=O)c1cccc(CBr)c1)C(C)(C)C(=O)O. The summed E-state index contributed by atoms with van der Waals surface area (Å²) in [6, 6.07) is 6.60. The molecule has 0 saturated heterocycles. The predicted octanol–water partition coefficient (Wildman–Crippen LogP) is 2.61. The summed E-state index contributed by atoms with van der Waals surface area (Å²) in [4.78, 5) is 11.3. The van der Waals surface area contributed by atoms with Crippen molar-refractivity contribution in [3.8, 4) is 0 Å². The van der Waals surface area contributed by atoms with Gasteiger partial charge in [0.25, 0.3) is 0 Å². The molecule has 0 aliphatic rings. The monoisotopic (exact) mass is 377 g/mol. The van der Waals surface area contributed by atoms with Gasteiger partial charge in [-0.05, 0) is 37.5 Å². The molecule has 0 heterocycles. The number of benzene rings is 1. The van der Waals surface area contributed by atoms with Crippen molar-refractivity contribution in [1.29, 1.82) is 0 Å². The van der Waals surface area contributed by atoms with Gasteiger partial charge in [0.2, 0.25) is 10.0 Å². The minimum absolute atomic E-state index is 0.0696. The van der Waals surface area contributed by atoms with Gasteiger partial charge in [-0.2, -0.15) is 0 Å². The van der Waals surface area contributed by atoms with Crippen LogP contribution in [-0.4, -0.2) is 26.0 Å². The van der Waals surface area contributed by atoms with Crippen LogP contribution in [0, 0.1) is 11.3 Å². The second-order valence-corrected chi connectivity index (χ2v) is 7.89. The highest BCUT2D eigenvalue weighted by Gasteiger charge is 2.34. The number of rotatable bonds is 7. The molecule has 0 aromatic heterocycles. The molecule has 1 rings (SSSR count). The highest BCUT2D eigenvalue weighted by molar-refractivity contribution is 9.08. The smallest absolute Gasteiger partial charge is 0.309 e. The molecule has 1 unspecified atom stereocenters. The van der Waals surface area contributed by atoms with E-state index in [-0.39, 0.29) is 17.4 Å². The molecule has 7 heteroatoms. The van der Waals surface area contributed by atoms with Gasteiger partial charge in [-0.15, -0.1) is 0 Å². The third-order valence-electron chi connectivity index (χ3n) is 3.73. The fourth-order valence-electron chi connectivity index (χ4n) is 1.58. The van der Waals surface area contributed by atoms with Gasteiger partial charge >= 0.3 is 5.97 Å². The molecule has 0 aliphatic carbocycles. The molecule has 0 spiro atoms. The van der Waals surface area contributed by atoms with E-state index in [2.05, 4.69) is 20.7 Å². The number of aliphatic carboxylic acids is 1. The Labute approximate surface area is 133 Å². The molecule has 1 aromatic rings. The maximum Gasteiger partial charge on any atom is 0.309 e. The minimum Gasteiger partial charge on any atom is -0.481 e. The van der Waals surface area contributed by atoms with E-state index in [1.165, 1.54) is 6.07 Å². The quantitative estimate of drug-likeness (QED) is 0.715. The second kappa shape index (κ2) is 6.89. The number of carboxylic acids is 1. The topological polar surface area (TPSA) is 83.5 Å². The lowest BCUT2D eigenvalue weighted by Crippen LogP contribution is -2.39. The number of halogens is 1. The van der Waals surface area contributed by atoms with Gasteiger partial charge in [0.05, 0.1) is 10.3 Å². The molecule has 0 amide bonds. The molecular weight excluding hydrogens is 358 g/mol. The maximum atomic E-state index is 12.2. The zero-order chi connectivity index (χ0) is 16.3. The van der Waals surface area contributed by atoms with Gasteiger partial charge < -0.3 is 5.11 Å². The number of hydrogen-bond acceptors (Lipinski definition) is 3. The molecule has 21 heavy (non-hydrogen) atoms. The van der Waals surface area contributed by atoms with Crippen LogP contribution < -0.4 is 4.72 Å². The first-order valence-electron chi connectivity index (χ1n) is 6.49. The van der Waals surface area contributed by atoms with Crippen molar-refractivity contribution in [3.63, 3.8) is 0 Å². The summed E-state index contributed by atoms with van der Waals surface area (Å²) >= 11 is 3.28. The van der Waals surface area contributed by atoms with Crippen LogP contribution >= 0.6 is 15.9 Å². The number of carboxylic acid groups (broad SMARTS) is 1. The van der Waals surface area contributed by atoms with Crippen molar-refractivity contribution in [2.24, 2.45) is 11.3 Å². The normalized spacial score (nSPS) is 13.9. The molecule has 2 N–H and O–H groups in total. The number of nitrogens with one attached hydrogen (secondary N) is 1. The first kappa shape index (κ1) is 18.1. The fraction of sp³-hybridized carbons (Fsp3) is 0.500. The Morgan fingerprint density at radius 2 is 2.05 bits per heavy atom. The van der Waals surface area contributed by atoms with Crippen molar-refractivity contribution in [1.82, 2.24) is 4.72 Å². The number of alkyl halides is 1. The Hall–Kier alpha value is -0.920. The van der Waals surface area contributed by atoms with E-state index in [4.69, 9.17) is 5.11 Å². The standard InChI is InChI=1S/C14H20BrNO4S/c1-10(14(2,3)13(17)18)9-16-21(19,20)12-6-4-5-11(7-12)8-15/h4-7,10,16H,8-9H2,1-3H3,(H,17,18). The highest BCUT2D eigenvalue weighted by Crippen LogP contribution is 2.26. The van der Waals surface area contributed by atoms with Crippen LogP contribution in [0.1, 0.15) is 26.3 Å². The molecule has 1 aromatic carbocycles. The average Bonchev–Trinajstić information content (AvgIpc) is 2.44. The van der Waals surface area contributed by atoms with Crippen molar-refractivity contribution >= 4 is 31.9 Å². The molecule has 0 saturated carbocycles. The Kier molecular flexibility index (Phi) is 5.95. The summed E-state index contributed by atoms with van der Waals surface area (Å²) < 4.78 is 26.9. The first-order chi connectivity index (χ1) is 9.61. The summed E-state index contributed by atoms with van der Waals surface area (Å²) in [5, 5.41) is 9.71. The van der Waals surface area contributed by atoms with Gasteiger partial charge in [-0.1, -0.05) is 35.0 Å². The number of carbonyl (C=O) groups is 1. The van der Waals surface area contributed by atoms with Gasteiger partial charge in [-0.25, -0.2) is 13.1 Å². The van der Waals surface area contributed by atoms with Crippen molar-refractivity contribution in [3.05, 3.63) is 29.8 Å². The Morgan fingerprint density at radius 1 is 1.43 bits per heavy atom. The van der Waals surface area contributed by atoms with Crippen molar-refractivity contribution < 1.29 is 18.3 Å². The van der Waals surface area contributed by atoms with Gasteiger partial charge in [0.15, 0.2) is 0 Å². The van der Waals surface area contributed by atoms with E-state index >= 15 is 0 Å². The number of sulfonamides is 1. The molecular formula is C14H20BrNO4S. The summed E-state index contributed by atoms with van der Waals surface area (Å²) in [6.07, 6.45) is 0. The van der Waals surface area contributed by atoms with Gasteiger partial charge in [-0.3, -0.25) is 4.79 Å². The third-order valence-corrected chi connectivity index (χ3v) is 5.79. The van der Waals surface area contributed by atoms with E-state index in [1.54, 1.807) is 32.9 Å². The second-order valence-electron chi connectivity index (χ2n) is 5.56. The fourth-order valence-corrected chi connectivity index (χ4v) is 3.13. The van der Waals surface area contributed by atoms with Gasteiger partial charge in [0.1, 0.15) is 0 Å². The summed E-state index contributed by atoms with van der Waals surface area (Å²) in [6.45, 7) is 4.95. The van der Waals surface area contributed by atoms with Crippen molar-refractivity contribution in [2.75, 3.05) is 6.54 Å². The van der Waals surface area contributed by atoms with E-state index in [0.717, 1.165) is 5.56 Å². The Bertz CT molecular complexity index is 613. The van der Waals surface area contributed by atoms with Gasteiger partial charge in [0, 0.05) is 11.9 Å². The van der Waals surface area contributed by atoms with Crippen LogP contribution in [-0.2, 0) is 20.1 Å². The molecule has 118 valence electrons. The zero-order valence-corrected chi connectivity index (χ0v) is 14.7. The maximum absolute atomic E-state index is 12.2. The van der Waals surface area contributed by atoms with Crippen LogP contribution in [0.2, 0.25) is 0 Å². The highest BCUT2D eigenvalue weighted by atomic mass is 79.9. The Morgan fingerprint density at radius 3 is 2.57 bits per heavy atom. The lowest BCUT2D eigenvalue weighted by molar-refractivity contribution is -0.149. The van der Waals surface area contributed by atoms with E-state index in [9.17, 15) is 13.2 Å². The van der Waals surface area contributed by atoms with Crippen LogP contribution in [0.4, 0.5) is 0 Å². The van der Waals surface area contributed by atoms with Crippen LogP contribution in [0.25, 0.3) is 0 Å². The Balaban J connectivity index is 2.84. The lowest BCUT2D eigenvalue weighted by atomic mass is 9.80. The molecule has 0 fully saturated rings. The van der Waals surface area contributed by atoms with Crippen molar-refractivity contribution in [2.45, 2.75) is 31.0 Å². The summed E-state index contributed by atoms with van der Waals surface area (Å²) in [5.74, 6) is -1.29. The summed E-state index contributed by atoms with van der Waals surface area (Å²) in [5.41, 5.74) is -0.142. The van der Waals surface area contributed by atoms with E-state index in [1.807, 2.05) is 6.07 Å². The van der Waals surface area contributed by atoms with Crippen LogP contribution in [0.3, 0.4) is 0 Å². The average molecular weight is 378 g/mol. The minimum atomic E-state index is -3.64. The molecule has 0 aliphatic heterocycles. The van der Waals surface area contributed by atoms with E-state index in [0.29, 0.717) is 5.33 Å². The predicted molar refractivity (Wildman–Crippen MR) is 84.8 cm³/mol. The van der Waals surface area contributed by atoms with Crippen LogP contribution in [0.5, 0.6) is 0 Å². The number of hydrogen-bond donors (Lipinski definition) is 2. The molecule has 5 nitrogen and oxygen atoms in total. The summed E-state index contributed by atoms with van der Waals surface area (Å²) in [7, 11) is -3.64. The van der Waals surface area contributed by atoms with E-state index < -0.39 is 21.4 Å². The van der Waals surface area contributed by atoms with Crippen LogP contribution in [0.15, 0.2) is 29.2 Å². The third kappa shape index (κ3) is 4.52. The molecule has 1 atom stereocenters. The lowest BCUT2D eigenvalue weighted by Gasteiger charge is -2.27. The zero-order valence-electron chi connectivity index (χ0n) is 12.3.